The van der Waals surface area contributed by atoms with Gasteiger partial charge in [0.15, 0.2) is 15.8 Å². The van der Waals surface area contributed by atoms with Crippen molar-refractivity contribution in [1.29, 1.82) is 0 Å². The zero-order chi connectivity index (χ0) is 20.4. The van der Waals surface area contributed by atoms with Gasteiger partial charge in [-0.3, -0.25) is 4.79 Å². The van der Waals surface area contributed by atoms with Crippen LogP contribution < -0.4 is 5.32 Å². The van der Waals surface area contributed by atoms with Crippen LogP contribution in [0.15, 0.2) is 29.3 Å². The van der Waals surface area contributed by atoms with Crippen molar-refractivity contribution in [1.82, 2.24) is 15.1 Å². The van der Waals surface area contributed by atoms with Crippen LogP contribution in [0.4, 0.5) is 0 Å². The van der Waals surface area contributed by atoms with Gasteiger partial charge in [0.25, 0.3) is 0 Å². The zero-order valence-corrected chi connectivity index (χ0v) is 17.8. The maximum atomic E-state index is 12.7. The number of guanidine groups is 1. The molecule has 2 aliphatic heterocycles. The van der Waals surface area contributed by atoms with Crippen molar-refractivity contribution in [2.24, 2.45) is 4.99 Å². The molecular formula is C20H30N4O3S. The first-order chi connectivity index (χ1) is 13.2. The zero-order valence-electron chi connectivity index (χ0n) is 16.9. The highest BCUT2D eigenvalue weighted by Crippen LogP contribution is 2.24. The molecule has 7 nitrogen and oxygen atoms in total. The number of sulfone groups is 1. The van der Waals surface area contributed by atoms with Crippen LogP contribution in [0.5, 0.6) is 0 Å². The van der Waals surface area contributed by atoms with Crippen LogP contribution in [0, 0.1) is 0 Å². The highest BCUT2D eigenvalue weighted by molar-refractivity contribution is 7.92. The number of hydrogen-bond acceptors (Lipinski definition) is 4. The molecule has 0 aromatic heterocycles. The van der Waals surface area contributed by atoms with E-state index < -0.39 is 14.6 Å². The Balaban J connectivity index is 1.67. The van der Waals surface area contributed by atoms with Gasteiger partial charge in [0.1, 0.15) is 6.54 Å². The largest absolute Gasteiger partial charge is 0.357 e. The first-order valence-electron chi connectivity index (χ1n) is 9.83. The first-order valence-corrected chi connectivity index (χ1v) is 11.5. The molecule has 0 atom stereocenters. The smallest absolute Gasteiger partial charge is 0.244 e. The van der Waals surface area contributed by atoms with Gasteiger partial charge in [-0.05, 0) is 38.3 Å². The minimum absolute atomic E-state index is 0.00574. The maximum Gasteiger partial charge on any atom is 0.244 e. The predicted octanol–water partition coefficient (Wildman–Crippen LogP) is 1.05. The molecule has 28 heavy (non-hydrogen) atoms. The number of benzene rings is 1. The van der Waals surface area contributed by atoms with Gasteiger partial charge >= 0.3 is 0 Å². The van der Waals surface area contributed by atoms with E-state index in [0.29, 0.717) is 38.7 Å². The van der Waals surface area contributed by atoms with Crippen LogP contribution in [0.3, 0.4) is 0 Å². The molecule has 1 N–H and O–H groups in total. The second-order valence-corrected chi connectivity index (χ2v) is 10.7. The molecule has 0 unspecified atom stereocenters. The lowest BCUT2D eigenvalue weighted by Crippen LogP contribution is -2.57. The molecule has 3 rings (SSSR count). The van der Waals surface area contributed by atoms with Gasteiger partial charge in [-0.25, -0.2) is 13.4 Å². The summed E-state index contributed by atoms with van der Waals surface area (Å²) in [4.78, 5) is 21.0. The van der Waals surface area contributed by atoms with Crippen molar-refractivity contribution in [3.05, 3.63) is 35.4 Å². The Morgan fingerprint density at radius 2 is 1.89 bits per heavy atom. The van der Waals surface area contributed by atoms with Crippen molar-refractivity contribution in [2.75, 3.05) is 38.5 Å². The average Bonchev–Trinajstić information content (AvgIpc) is 2.66. The Morgan fingerprint density at radius 1 is 1.18 bits per heavy atom. The Kier molecular flexibility index (Phi) is 5.98. The number of amides is 1. The number of fused-ring (bicyclic) bond motifs is 1. The fraction of sp³-hybridized carbons (Fsp3) is 0.600. The molecule has 8 heteroatoms. The lowest BCUT2D eigenvalue weighted by atomic mass is 10.00. The monoisotopic (exact) mass is 406 g/mol. The summed E-state index contributed by atoms with van der Waals surface area (Å²) < 4.78 is 23.7. The summed E-state index contributed by atoms with van der Waals surface area (Å²) in [5.74, 6) is 0.700. The van der Waals surface area contributed by atoms with Gasteiger partial charge in [0, 0.05) is 32.7 Å². The van der Waals surface area contributed by atoms with Gasteiger partial charge in [-0.1, -0.05) is 24.3 Å². The van der Waals surface area contributed by atoms with Crippen molar-refractivity contribution in [3.63, 3.8) is 0 Å². The number of hydrogen-bond donors (Lipinski definition) is 1. The van der Waals surface area contributed by atoms with E-state index in [4.69, 9.17) is 0 Å². The molecule has 2 aliphatic rings. The second kappa shape index (κ2) is 8.11. The molecule has 0 aliphatic carbocycles. The number of nitrogens with one attached hydrogen (secondary N) is 1. The molecule has 0 radical (unpaired) electrons. The summed E-state index contributed by atoms with van der Waals surface area (Å²) in [7, 11) is -3.12. The molecular weight excluding hydrogens is 376 g/mol. The van der Waals surface area contributed by atoms with E-state index in [9.17, 15) is 13.2 Å². The SMILES string of the molecule is CCNC(=NCC(=O)N1CCc2ccccc2C1)N1CCS(=O)(=O)C(C)(C)C1. The fourth-order valence-corrected chi connectivity index (χ4v) is 5.07. The number of aliphatic imine (C=N–C) groups is 1. The minimum Gasteiger partial charge on any atom is -0.357 e. The van der Waals surface area contributed by atoms with E-state index in [1.165, 1.54) is 11.1 Å². The van der Waals surface area contributed by atoms with Crippen LogP contribution in [0.2, 0.25) is 0 Å². The van der Waals surface area contributed by atoms with Crippen molar-refractivity contribution in [3.8, 4) is 0 Å². The fourth-order valence-electron chi connectivity index (χ4n) is 3.70. The molecule has 0 spiro atoms. The minimum atomic E-state index is -3.12. The number of rotatable bonds is 3. The highest BCUT2D eigenvalue weighted by Gasteiger charge is 2.41. The van der Waals surface area contributed by atoms with Gasteiger partial charge in [0.05, 0.1) is 10.5 Å². The molecule has 154 valence electrons. The third kappa shape index (κ3) is 4.32. The predicted molar refractivity (Wildman–Crippen MR) is 111 cm³/mol. The quantitative estimate of drug-likeness (QED) is 0.599. The van der Waals surface area contributed by atoms with E-state index in [1.54, 1.807) is 13.8 Å². The maximum absolute atomic E-state index is 12.7. The van der Waals surface area contributed by atoms with Crippen LogP contribution in [0.1, 0.15) is 31.9 Å². The molecule has 1 aromatic rings. The Morgan fingerprint density at radius 3 is 2.57 bits per heavy atom. The van der Waals surface area contributed by atoms with Crippen molar-refractivity contribution >= 4 is 21.7 Å². The summed E-state index contributed by atoms with van der Waals surface area (Å²) >= 11 is 0. The van der Waals surface area contributed by atoms with Gasteiger partial charge < -0.3 is 15.1 Å². The highest BCUT2D eigenvalue weighted by atomic mass is 32.2. The molecule has 1 amide bonds. The van der Waals surface area contributed by atoms with Gasteiger partial charge in [-0.2, -0.15) is 0 Å². The van der Waals surface area contributed by atoms with Crippen LogP contribution in [-0.2, 0) is 27.6 Å². The lowest BCUT2D eigenvalue weighted by Gasteiger charge is -2.39. The molecule has 0 bridgehead atoms. The van der Waals surface area contributed by atoms with E-state index in [0.717, 1.165) is 6.42 Å². The van der Waals surface area contributed by atoms with Crippen LogP contribution >= 0.6 is 0 Å². The molecule has 2 heterocycles. The summed E-state index contributed by atoms with van der Waals surface area (Å²) in [5, 5.41) is 3.20. The third-order valence-corrected chi connectivity index (χ3v) is 8.06. The molecule has 0 saturated carbocycles. The number of carbonyl (C=O) groups excluding carboxylic acids is 1. The Bertz CT molecular complexity index is 864. The average molecular weight is 407 g/mol. The standard InChI is InChI=1S/C20H30N4O3S/c1-4-21-19(24-11-12-28(26,27)20(2,3)15-24)22-13-18(25)23-10-9-16-7-5-6-8-17(16)14-23/h5-8H,4,9-15H2,1-3H3,(H,21,22). The van der Waals surface area contributed by atoms with Gasteiger partial charge in [0.2, 0.25) is 5.91 Å². The molecule has 1 fully saturated rings. The summed E-state index contributed by atoms with van der Waals surface area (Å²) in [6, 6.07) is 8.22. The normalized spacial score (nSPS) is 21.2. The summed E-state index contributed by atoms with van der Waals surface area (Å²) in [6.45, 7) is 8.26. The van der Waals surface area contributed by atoms with Crippen LogP contribution in [0.25, 0.3) is 0 Å². The van der Waals surface area contributed by atoms with Crippen molar-refractivity contribution in [2.45, 2.75) is 38.5 Å². The third-order valence-electron chi connectivity index (χ3n) is 5.53. The van der Waals surface area contributed by atoms with E-state index in [2.05, 4.69) is 22.4 Å². The van der Waals surface area contributed by atoms with Crippen molar-refractivity contribution < 1.29 is 13.2 Å². The molecule has 1 saturated heterocycles. The van der Waals surface area contributed by atoms with E-state index in [1.807, 2.05) is 28.9 Å². The Labute approximate surface area is 167 Å². The second-order valence-electron chi connectivity index (χ2n) is 8.00. The first kappa shape index (κ1) is 20.6. The summed E-state index contributed by atoms with van der Waals surface area (Å²) in [6.07, 6.45) is 0.865. The van der Waals surface area contributed by atoms with E-state index in [-0.39, 0.29) is 18.2 Å². The topological polar surface area (TPSA) is 82.1 Å². The van der Waals surface area contributed by atoms with Gasteiger partial charge in [-0.15, -0.1) is 0 Å². The number of nitrogens with zero attached hydrogens (tertiary/aromatic N) is 3. The lowest BCUT2D eigenvalue weighted by molar-refractivity contribution is -0.130. The van der Waals surface area contributed by atoms with E-state index >= 15 is 0 Å². The Hall–Kier alpha value is -2.09. The molecule has 1 aromatic carbocycles. The van der Waals surface area contributed by atoms with Crippen LogP contribution in [-0.4, -0.2) is 73.3 Å². The summed E-state index contributed by atoms with van der Waals surface area (Å²) in [5.41, 5.74) is 2.50. The number of carbonyl (C=O) groups is 1.